The van der Waals surface area contributed by atoms with Gasteiger partial charge in [0.1, 0.15) is 0 Å². The van der Waals surface area contributed by atoms with Crippen molar-refractivity contribution in [2.24, 2.45) is 35.5 Å². The first-order chi connectivity index (χ1) is 32.6. The van der Waals surface area contributed by atoms with Gasteiger partial charge in [-0.05, 0) is 184 Å². The minimum atomic E-state index is -0.552. The lowest BCUT2D eigenvalue weighted by molar-refractivity contribution is 0.0779. The molecule has 332 valence electrons. The highest BCUT2D eigenvalue weighted by atomic mass is 15.0. The maximum Gasteiger partial charge on any atom is 0.164 e. The Labute approximate surface area is 397 Å². The third-order valence-corrected chi connectivity index (χ3v) is 17.9. The standard InChI is InChI=1S/C63H60N4/c1-38-25-43-26-39(2)32-61(31-38,35-43)48-19-14-45(15-20-48)58-65-59(46-16-21-49(22-17-46)62-33-40(3)27-44(36-62)28-41(4)34-62)67-60(66-58)47-18-23-52-53-29-42(37-64)13-24-56(53)63(57(52)30-47)54-11-7-5-9-50(54)51-10-6-8-12-55(51)63/h5-24,29-30,38-41,43-44H,25-28,31-36H2,1-4H3/t38-,39+,40-,41+,43?,44?,61?,62?. The third-order valence-electron chi connectivity index (χ3n) is 17.9. The van der Waals surface area contributed by atoms with E-state index in [9.17, 15) is 5.26 Å². The van der Waals surface area contributed by atoms with E-state index in [1.807, 2.05) is 6.07 Å². The van der Waals surface area contributed by atoms with Crippen LogP contribution in [0.2, 0.25) is 0 Å². The zero-order valence-electron chi connectivity index (χ0n) is 39.5. The highest BCUT2D eigenvalue weighted by molar-refractivity contribution is 5.96. The van der Waals surface area contributed by atoms with Gasteiger partial charge in [0.15, 0.2) is 17.5 Å². The molecule has 0 saturated heterocycles. The Balaban J connectivity index is 0.964. The van der Waals surface area contributed by atoms with Gasteiger partial charge >= 0.3 is 0 Å². The molecule has 0 amide bonds. The average Bonchev–Trinajstić information content (AvgIpc) is 3.79. The Morgan fingerprint density at radius 2 is 0.836 bits per heavy atom. The van der Waals surface area contributed by atoms with E-state index in [1.165, 1.54) is 109 Å². The number of hydrogen-bond acceptors (Lipinski definition) is 4. The maximum atomic E-state index is 10.1. The fourth-order valence-electron chi connectivity index (χ4n) is 16.2. The van der Waals surface area contributed by atoms with E-state index in [4.69, 9.17) is 15.0 Å². The normalized spacial score (nSPS) is 28.2. The van der Waals surface area contributed by atoms with Crippen LogP contribution >= 0.6 is 0 Å². The van der Waals surface area contributed by atoms with Crippen LogP contribution in [0.4, 0.5) is 0 Å². The lowest BCUT2D eigenvalue weighted by Gasteiger charge is -2.50. The second kappa shape index (κ2) is 15.2. The molecule has 13 rings (SSSR count). The molecule has 6 aliphatic rings. The van der Waals surface area contributed by atoms with Crippen molar-refractivity contribution in [1.82, 2.24) is 15.0 Å². The summed E-state index contributed by atoms with van der Waals surface area (Å²) in [6.45, 7) is 9.89. The molecule has 6 aliphatic carbocycles. The molecular weight excluding hydrogens is 813 g/mol. The van der Waals surface area contributed by atoms with Crippen LogP contribution in [0.3, 0.4) is 0 Å². The molecule has 4 heteroatoms. The van der Waals surface area contributed by atoms with Gasteiger partial charge in [-0.1, -0.05) is 143 Å². The molecule has 1 spiro atoms. The van der Waals surface area contributed by atoms with Gasteiger partial charge < -0.3 is 0 Å². The number of aromatic nitrogens is 3. The zero-order chi connectivity index (χ0) is 45.2. The molecule has 4 bridgehead atoms. The Kier molecular flexibility index (Phi) is 9.29. The SMILES string of the molecule is C[C@@H]1CC2C[C@H](C)CC(c3ccc(-c4nc(-c5ccc(C67CC(C[C@@H](C)C6)C[C@H](C)C7)cc5)nc(-c5ccc6c(c5)C5(c7ccccc7-c7ccccc75)c5ccc(C#N)cc5-6)n4)cc3)(C2)C1. The second-order valence-electron chi connectivity index (χ2n) is 22.8. The Hall–Kier alpha value is -6.18. The molecule has 0 aliphatic heterocycles. The zero-order valence-corrected chi connectivity index (χ0v) is 39.5. The number of nitrogens with zero attached hydrogens (tertiary/aromatic N) is 4. The lowest BCUT2D eigenvalue weighted by Crippen LogP contribution is -2.42. The van der Waals surface area contributed by atoms with E-state index in [-0.39, 0.29) is 10.8 Å². The predicted octanol–water partition coefficient (Wildman–Crippen LogP) is 15.3. The van der Waals surface area contributed by atoms with Gasteiger partial charge in [0.05, 0.1) is 17.0 Å². The van der Waals surface area contributed by atoms with E-state index in [0.29, 0.717) is 23.0 Å². The number of fused-ring (bicyclic) bond motifs is 14. The van der Waals surface area contributed by atoms with Crippen molar-refractivity contribution in [2.45, 2.75) is 108 Å². The summed E-state index contributed by atoms with van der Waals surface area (Å²) in [4.78, 5) is 16.2. The Morgan fingerprint density at radius 1 is 0.418 bits per heavy atom. The van der Waals surface area contributed by atoms with E-state index in [0.717, 1.165) is 63.3 Å². The number of nitriles is 1. The van der Waals surface area contributed by atoms with Gasteiger partial charge in [0.25, 0.3) is 0 Å². The van der Waals surface area contributed by atoms with E-state index < -0.39 is 5.41 Å². The van der Waals surface area contributed by atoms with Crippen molar-refractivity contribution in [2.75, 3.05) is 0 Å². The average molecular weight is 873 g/mol. The summed E-state index contributed by atoms with van der Waals surface area (Å²) in [5.41, 5.74) is 16.3. The van der Waals surface area contributed by atoms with Crippen LogP contribution in [-0.2, 0) is 16.2 Å². The summed E-state index contributed by atoms with van der Waals surface area (Å²) in [7, 11) is 0. The second-order valence-corrected chi connectivity index (χ2v) is 22.8. The number of hydrogen-bond donors (Lipinski definition) is 0. The van der Waals surface area contributed by atoms with Crippen molar-refractivity contribution >= 4 is 0 Å². The van der Waals surface area contributed by atoms with Gasteiger partial charge in [-0.3, -0.25) is 0 Å². The van der Waals surface area contributed by atoms with Gasteiger partial charge in [0.2, 0.25) is 0 Å². The monoisotopic (exact) mass is 872 g/mol. The van der Waals surface area contributed by atoms with Crippen molar-refractivity contribution in [3.8, 4) is 62.5 Å². The molecule has 4 nitrogen and oxygen atoms in total. The minimum Gasteiger partial charge on any atom is -0.208 e. The third kappa shape index (κ3) is 6.32. The van der Waals surface area contributed by atoms with Gasteiger partial charge in [-0.15, -0.1) is 0 Å². The summed E-state index contributed by atoms with van der Waals surface area (Å²) in [5.74, 6) is 6.78. The highest BCUT2D eigenvalue weighted by Gasteiger charge is 2.52. The van der Waals surface area contributed by atoms with Crippen LogP contribution in [0.1, 0.15) is 131 Å². The Bertz CT molecular complexity index is 2970. The van der Waals surface area contributed by atoms with Crippen LogP contribution in [0.5, 0.6) is 0 Å². The van der Waals surface area contributed by atoms with Crippen molar-refractivity contribution < 1.29 is 0 Å². The van der Waals surface area contributed by atoms with Gasteiger partial charge in [-0.2, -0.15) is 5.26 Å². The van der Waals surface area contributed by atoms with E-state index >= 15 is 0 Å². The fourth-order valence-corrected chi connectivity index (χ4v) is 16.2. The van der Waals surface area contributed by atoms with Crippen molar-refractivity contribution in [1.29, 1.82) is 5.26 Å². The van der Waals surface area contributed by atoms with Gasteiger partial charge in [0, 0.05) is 16.7 Å². The van der Waals surface area contributed by atoms with Crippen molar-refractivity contribution in [3.63, 3.8) is 0 Å². The summed E-state index contributed by atoms with van der Waals surface area (Å²) >= 11 is 0. The molecule has 1 aromatic heterocycles. The number of benzene rings is 6. The van der Waals surface area contributed by atoms with Crippen LogP contribution in [0.15, 0.2) is 133 Å². The van der Waals surface area contributed by atoms with Crippen LogP contribution in [-0.4, -0.2) is 15.0 Å². The first kappa shape index (κ1) is 41.0. The Morgan fingerprint density at radius 3 is 1.31 bits per heavy atom. The van der Waals surface area contributed by atoms with Crippen LogP contribution < -0.4 is 0 Å². The molecular formula is C63H60N4. The predicted molar refractivity (Wildman–Crippen MR) is 270 cm³/mol. The molecule has 4 fully saturated rings. The lowest BCUT2D eigenvalue weighted by atomic mass is 9.54. The van der Waals surface area contributed by atoms with Gasteiger partial charge in [-0.25, -0.2) is 15.0 Å². The highest BCUT2D eigenvalue weighted by Crippen LogP contribution is 2.63. The van der Waals surface area contributed by atoms with Crippen LogP contribution in [0, 0.1) is 46.8 Å². The summed E-state index contributed by atoms with van der Waals surface area (Å²) < 4.78 is 0. The molecule has 4 saturated carbocycles. The number of rotatable bonds is 5. The molecule has 67 heavy (non-hydrogen) atoms. The van der Waals surface area contributed by atoms with E-state index in [2.05, 4.69) is 161 Å². The smallest absolute Gasteiger partial charge is 0.164 e. The summed E-state index contributed by atoms with van der Waals surface area (Å²) in [6, 6.07) is 52.1. The molecule has 4 unspecified atom stereocenters. The molecule has 8 atom stereocenters. The summed E-state index contributed by atoms with van der Waals surface area (Å²) in [5, 5.41) is 10.1. The molecule has 1 heterocycles. The maximum absolute atomic E-state index is 10.1. The first-order valence-electron chi connectivity index (χ1n) is 25.5. The fraction of sp³-hybridized carbons (Fsp3) is 0.365. The van der Waals surface area contributed by atoms with Crippen molar-refractivity contribution in [3.05, 3.63) is 172 Å². The molecule has 0 N–H and O–H groups in total. The largest absolute Gasteiger partial charge is 0.208 e. The van der Waals surface area contributed by atoms with Crippen LogP contribution in [0.25, 0.3) is 56.4 Å². The quantitative estimate of drug-likeness (QED) is 0.173. The molecule has 0 radical (unpaired) electrons. The topological polar surface area (TPSA) is 62.5 Å². The minimum absolute atomic E-state index is 0.255. The molecule has 6 aromatic carbocycles. The summed E-state index contributed by atoms with van der Waals surface area (Å²) in [6.07, 6.45) is 13.2. The molecule has 7 aromatic rings. The first-order valence-corrected chi connectivity index (χ1v) is 25.5. The van der Waals surface area contributed by atoms with E-state index in [1.54, 1.807) is 0 Å².